The summed E-state index contributed by atoms with van der Waals surface area (Å²) in [6.45, 7) is 3.91. The van der Waals surface area contributed by atoms with E-state index in [1.807, 2.05) is 0 Å². The SMILES string of the molecule is CCC1CCCN(c2ccc(/C(N)=N/O)c(Br)c2F)C1. The first-order valence-electron chi connectivity index (χ1n) is 6.79. The molecule has 0 radical (unpaired) electrons. The van der Waals surface area contributed by atoms with Crippen LogP contribution >= 0.6 is 15.9 Å². The minimum Gasteiger partial charge on any atom is -0.409 e. The third kappa shape index (κ3) is 2.90. The van der Waals surface area contributed by atoms with Crippen LogP contribution in [-0.2, 0) is 0 Å². The number of nitrogens with two attached hydrogens (primary N) is 1. The zero-order chi connectivity index (χ0) is 14.7. The number of anilines is 1. The largest absolute Gasteiger partial charge is 0.409 e. The lowest BCUT2D eigenvalue weighted by molar-refractivity contribution is 0.318. The van der Waals surface area contributed by atoms with Gasteiger partial charge in [0.15, 0.2) is 11.7 Å². The molecule has 0 amide bonds. The number of rotatable bonds is 3. The fraction of sp³-hybridized carbons (Fsp3) is 0.500. The Balaban J connectivity index is 2.32. The van der Waals surface area contributed by atoms with Gasteiger partial charge in [0.05, 0.1) is 10.2 Å². The van der Waals surface area contributed by atoms with Crippen LogP contribution in [0.4, 0.5) is 10.1 Å². The monoisotopic (exact) mass is 343 g/mol. The molecule has 20 heavy (non-hydrogen) atoms. The number of benzene rings is 1. The molecule has 0 saturated carbocycles. The van der Waals surface area contributed by atoms with Crippen LogP contribution in [0, 0.1) is 11.7 Å². The van der Waals surface area contributed by atoms with Crippen LogP contribution in [-0.4, -0.2) is 24.1 Å². The summed E-state index contributed by atoms with van der Waals surface area (Å²) < 4.78 is 14.7. The molecular weight excluding hydrogens is 325 g/mol. The summed E-state index contributed by atoms with van der Waals surface area (Å²) in [5.41, 5.74) is 6.46. The zero-order valence-corrected chi connectivity index (χ0v) is 13.0. The molecule has 110 valence electrons. The van der Waals surface area contributed by atoms with Gasteiger partial charge in [0.2, 0.25) is 0 Å². The minimum atomic E-state index is -0.356. The molecule has 3 N–H and O–H groups in total. The van der Waals surface area contributed by atoms with E-state index in [4.69, 9.17) is 10.9 Å². The Morgan fingerprint density at radius 1 is 1.60 bits per heavy atom. The molecule has 0 aromatic heterocycles. The van der Waals surface area contributed by atoms with Crippen molar-refractivity contribution in [1.29, 1.82) is 0 Å². The summed E-state index contributed by atoms with van der Waals surface area (Å²) in [4.78, 5) is 2.08. The van der Waals surface area contributed by atoms with Crippen molar-refractivity contribution in [3.63, 3.8) is 0 Å². The van der Waals surface area contributed by atoms with Crippen LogP contribution in [0.5, 0.6) is 0 Å². The van der Waals surface area contributed by atoms with Crippen LogP contribution in [0.1, 0.15) is 31.7 Å². The predicted molar refractivity (Wildman–Crippen MR) is 81.8 cm³/mol. The Morgan fingerprint density at radius 3 is 3.00 bits per heavy atom. The van der Waals surface area contributed by atoms with Crippen molar-refractivity contribution in [3.05, 3.63) is 28.0 Å². The maximum absolute atomic E-state index is 14.5. The topological polar surface area (TPSA) is 61.8 Å². The molecule has 1 aliphatic heterocycles. The van der Waals surface area contributed by atoms with Crippen molar-refractivity contribution in [3.8, 4) is 0 Å². The Kier molecular flexibility index (Phi) is 4.86. The van der Waals surface area contributed by atoms with E-state index in [1.165, 1.54) is 6.42 Å². The molecule has 1 aromatic rings. The van der Waals surface area contributed by atoms with E-state index in [-0.39, 0.29) is 16.1 Å². The Labute approximate surface area is 126 Å². The summed E-state index contributed by atoms with van der Waals surface area (Å²) in [5.74, 6) is 0.156. The van der Waals surface area contributed by atoms with Gasteiger partial charge in [-0.25, -0.2) is 4.39 Å². The average molecular weight is 344 g/mol. The van der Waals surface area contributed by atoms with Gasteiger partial charge < -0.3 is 15.8 Å². The van der Waals surface area contributed by atoms with Gasteiger partial charge in [0, 0.05) is 18.7 Å². The lowest BCUT2D eigenvalue weighted by Gasteiger charge is -2.34. The molecule has 1 aliphatic rings. The third-order valence-electron chi connectivity index (χ3n) is 3.88. The van der Waals surface area contributed by atoms with Crippen molar-refractivity contribution in [2.75, 3.05) is 18.0 Å². The number of hydrogen-bond acceptors (Lipinski definition) is 3. The Morgan fingerprint density at radius 2 is 2.35 bits per heavy atom. The first kappa shape index (κ1) is 15.1. The number of hydrogen-bond donors (Lipinski definition) is 2. The van der Waals surface area contributed by atoms with Crippen LogP contribution in [0.3, 0.4) is 0 Å². The van der Waals surface area contributed by atoms with E-state index >= 15 is 0 Å². The van der Waals surface area contributed by atoms with E-state index < -0.39 is 0 Å². The fourth-order valence-corrected chi connectivity index (χ4v) is 3.19. The first-order valence-corrected chi connectivity index (χ1v) is 7.58. The zero-order valence-electron chi connectivity index (χ0n) is 11.4. The second kappa shape index (κ2) is 6.43. The van der Waals surface area contributed by atoms with Crippen molar-refractivity contribution >= 4 is 27.5 Å². The predicted octanol–water partition coefficient (Wildman–Crippen LogP) is 3.31. The maximum atomic E-state index is 14.5. The van der Waals surface area contributed by atoms with Crippen LogP contribution in [0.25, 0.3) is 0 Å². The van der Waals surface area contributed by atoms with Gasteiger partial charge in [0.25, 0.3) is 0 Å². The normalized spacial score (nSPS) is 20.2. The number of amidine groups is 1. The number of oxime groups is 1. The van der Waals surface area contributed by atoms with Crippen molar-refractivity contribution in [1.82, 2.24) is 0 Å². The molecule has 0 bridgehead atoms. The second-order valence-electron chi connectivity index (χ2n) is 5.11. The van der Waals surface area contributed by atoms with Crippen LogP contribution < -0.4 is 10.6 Å². The van der Waals surface area contributed by atoms with Gasteiger partial charge in [-0.15, -0.1) is 0 Å². The molecule has 2 rings (SSSR count). The van der Waals surface area contributed by atoms with Gasteiger partial charge in [-0.2, -0.15) is 0 Å². The van der Waals surface area contributed by atoms with Crippen LogP contribution in [0.15, 0.2) is 21.8 Å². The molecular formula is C14H19BrFN3O. The lowest BCUT2D eigenvalue weighted by atomic mass is 9.95. The molecule has 1 atom stereocenters. The number of nitrogens with zero attached hydrogens (tertiary/aromatic N) is 2. The molecule has 1 heterocycles. The summed E-state index contributed by atoms with van der Waals surface area (Å²) in [5, 5.41) is 11.6. The summed E-state index contributed by atoms with van der Waals surface area (Å²) >= 11 is 3.20. The Hall–Kier alpha value is -1.30. The van der Waals surface area contributed by atoms with E-state index in [1.54, 1.807) is 12.1 Å². The summed E-state index contributed by atoms with van der Waals surface area (Å²) in [6, 6.07) is 3.37. The van der Waals surface area contributed by atoms with E-state index in [0.717, 1.165) is 25.9 Å². The highest BCUT2D eigenvalue weighted by Gasteiger charge is 2.23. The molecule has 0 spiro atoms. The van der Waals surface area contributed by atoms with Crippen LogP contribution in [0.2, 0.25) is 0 Å². The lowest BCUT2D eigenvalue weighted by Crippen LogP contribution is -2.35. The molecule has 1 unspecified atom stereocenters. The molecule has 1 fully saturated rings. The van der Waals surface area contributed by atoms with Gasteiger partial charge >= 0.3 is 0 Å². The molecule has 0 aliphatic carbocycles. The van der Waals surface area contributed by atoms with Gasteiger partial charge in [-0.1, -0.05) is 18.5 Å². The summed E-state index contributed by atoms with van der Waals surface area (Å²) in [6.07, 6.45) is 3.40. The van der Waals surface area contributed by atoms with E-state index in [2.05, 4.69) is 32.9 Å². The fourth-order valence-electron chi connectivity index (χ4n) is 2.65. The van der Waals surface area contributed by atoms with Crippen molar-refractivity contribution < 1.29 is 9.60 Å². The number of piperidine rings is 1. The molecule has 4 nitrogen and oxygen atoms in total. The molecule has 1 aromatic carbocycles. The number of halogens is 2. The van der Waals surface area contributed by atoms with Gasteiger partial charge in [-0.05, 0) is 46.8 Å². The summed E-state index contributed by atoms with van der Waals surface area (Å²) in [7, 11) is 0. The third-order valence-corrected chi connectivity index (χ3v) is 4.66. The quantitative estimate of drug-likeness (QED) is 0.383. The van der Waals surface area contributed by atoms with E-state index in [9.17, 15) is 4.39 Å². The highest BCUT2D eigenvalue weighted by atomic mass is 79.9. The highest BCUT2D eigenvalue weighted by Crippen LogP contribution is 2.32. The molecule has 6 heteroatoms. The van der Waals surface area contributed by atoms with Gasteiger partial charge in [0.1, 0.15) is 0 Å². The van der Waals surface area contributed by atoms with Gasteiger partial charge in [-0.3, -0.25) is 0 Å². The van der Waals surface area contributed by atoms with Crippen molar-refractivity contribution in [2.45, 2.75) is 26.2 Å². The maximum Gasteiger partial charge on any atom is 0.171 e. The smallest absolute Gasteiger partial charge is 0.171 e. The minimum absolute atomic E-state index is 0.104. The van der Waals surface area contributed by atoms with Crippen molar-refractivity contribution in [2.24, 2.45) is 16.8 Å². The molecule has 1 saturated heterocycles. The standard InChI is InChI=1S/C14H19BrFN3O/c1-2-9-4-3-7-19(8-9)11-6-5-10(14(17)18-20)12(15)13(11)16/h5-6,9,20H,2-4,7-8H2,1H3,(H2,17,18). The Bertz CT molecular complexity index is 521. The second-order valence-corrected chi connectivity index (χ2v) is 5.90. The first-order chi connectivity index (χ1) is 9.58. The highest BCUT2D eigenvalue weighted by molar-refractivity contribution is 9.10. The average Bonchev–Trinajstić information content (AvgIpc) is 2.49. The van der Waals surface area contributed by atoms with E-state index in [0.29, 0.717) is 17.2 Å².